The molecule has 0 heterocycles. The van der Waals surface area contributed by atoms with Crippen molar-refractivity contribution >= 4 is 5.91 Å². The second kappa shape index (κ2) is 7.26. The zero-order chi connectivity index (χ0) is 15.2. The Morgan fingerprint density at radius 1 is 1.05 bits per heavy atom. The Balaban J connectivity index is 1.50. The van der Waals surface area contributed by atoms with E-state index in [1.165, 1.54) is 16.7 Å². The van der Waals surface area contributed by atoms with Crippen molar-refractivity contribution in [1.29, 1.82) is 0 Å². The molecule has 1 N–H and O–H groups in total. The fourth-order valence-electron chi connectivity index (χ4n) is 3.27. The van der Waals surface area contributed by atoms with E-state index in [0.717, 1.165) is 32.1 Å². The van der Waals surface area contributed by atoms with E-state index >= 15 is 0 Å². The van der Waals surface area contributed by atoms with E-state index in [0.29, 0.717) is 6.42 Å². The fraction of sp³-hybridized carbons (Fsp3) is 0.350. The maximum absolute atomic E-state index is 12.2. The summed E-state index contributed by atoms with van der Waals surface area (Å²) in [5.74, 6) is 0.178. The minimum absolute atomic E-state index is 0.178. The third-order valence-electron chi connectivity index (χ3n) is 4.42. The minimum Gasteiger partial charge on any atom is -0.349 e. The van der Waals surface area contributed by atoms with Crippen molar-refractivity contribution < 1.29 is 4.79 Å². The number of rotatable bonds is 5. The van der Waals surface area contributed by atoms with Crippen LogP contribution in [0.5, 0.6) is 0 Å². The SMILES string of the molecule is O=C(CCCc1ccccc1)N[C@@H]1CCCc2ccccc21. The molecule has 0 aliphatic heterocycles. The third-order valence-corrected chi connectivity index (χ3v) is 4.42. The van der Waals surface area contributed by atoms with Crippen LogP contribution in [-0.2, 0) is 17.6 Å². The summed E-state index contributed by atoms with van der Waals surface area (Å²) in [7, 11) is 0. The Bertz CT molecular complexity index is 621. The molecule has 22 heavy (non-hydrogen) atoms. The summed E-state index contributed by atoms with van der Waals surface area (Å²) in [6, 6.07) is 19.1. The molecule has 3 rings (SSSR count). The predicted molar refractivity (Wildman–Crippen MR) is 89.6 cm³/mol. The van der Waals surface area contributed by atoms with Crippen LogP contribution in [0.4, 0.5) is 0 Å². The molecule has 0 unspecified atom stereocenters. The summed E-state index contributed by atoms with van der Waals surface area (Å²) in [6.07, 6.45) is 5.83. The van der Waals surface area contributed by atoms with Gasteiger partial charge < -0.3 is 5.32 Å². The number of hydrogen-bond acceptors (Lipinski definition) is 1. The molecule has 0 saturated heterocycles. The molecule has 0 radical (unpaired) electrons. The molecule has 0 bridgehead atoms. The van der Waals surface area contributed by atoms with Gasteiger partial charge >= 0.3 is 0 Å². The van der Waals surface area contributed by atoms with Crippen LogP contribution < -0.4 is 5.32 Å². The quantitative estimate of drug-likeness (QED) is 0.879. The lowest BCUT2D eigenvalue weighted by atomic mass is 9.87. The number of hydrogen-bond donors (Lipinski definition) is 1. The maximum atomic E-state index is 12.2. The van der Waals surface area contributed by atoms with Gasteiger partial charge in [-0.05, 0) is 48.8 Å². The van der Waals surface area contributed by atoms with E-state index in [4.69, 9.17) is 0 Å². The van der Waals surface area contributed by atoms with Crippen molar-refractivity contribution in [2.24, 2.45) is 0 Å². The highest BCUT2D eigenvalue weighted by atomic mass is 16.1. The van der Waals surface area contributed by atoms with Gasteiger partial charge in [0.2, 0.25) is 5.91 Å². The molecular weight excluding hydrogens is 270 g/mol. The third kappa shape index (κ3) is 3.76. The van der Waals surface area contributed by atoms with Gasteiger partial charge in [-0.15, -0.1) is 0 Å². The zero-order valence-corrected chi connectivity index (χ0v) is 12.9. The summed E-state index contributed by atoms with van der Waals surface area (Å²) >= 11 is 0. The number of amides is 1. The lowest BCUT2D eigenvalue weighted by molar-refractivity contribution is -0.122. The lowest BCUT2D eigenvalue weighted by Crippen LogP contribution is -2.30. The molecule has 0 aromatic heterocycles. The van der Waals surface area contributed by atoms with Crippen molar-refractivity contribution in [1.82, 2.24) is 5.32 Å². The molecule has 2 nitrogen and oxygen atoms in total. The van der Waals surface area contributed by atoms with Crippen molar-refractivity contribution in [3.05, 3.63) is 71.3 Å². The molecular formula is C20H23NO. The van der Waals surface area contributed by atoms with Gasteiger partial charge in [-0.3, -0.25) is 4.79 Å². The first-order valence-corrected chi connectivity index (χ1v) is 8.24. The predicted octanol–water partition coefficient (Wildman–Crippen LogP) is 4.20. The summed E-state index contributed by atoms with van der Waals surface area (Å²) in [5, 5.41) is 3.22. The molecule has 0 saturated carbocycles. The number of carbonyl (C=O) groups excluding carboxylic acids is 1. The Labute approximate surface area is 132 Å². The van der Waals surface area contributed by atoms with Gasteiger partial charge in [0.25, 0.3) is 0 Å². The van der Waals surface area contributed by atoms with Gasteiger partial charge in [0.1, 0.15) is 0 Å². The number of nitrogens with one attached hydrogen (secondary N) is 1. The van der Waals surface area contributed by atoms with Crippen LogP contribution in [0.25, 0.3) is 0 Å². The number of carbonyl (C=O) groups is 1. The van der Waals surface area contributed by atoms with E-state index in [1.807, 2.05) is 18.2 Å². The van der Waals surface area contributed by atoms with Crippen molar-refractivity contribution in [2.45, 2.75) is 44.6 Å². The Morgan fingerprint density at radius 3 is 2.68 bits per heavy atom. The standard InChI is InChI=1S/C20H23NO/c22-20(15-6-10-16-8-2-1-3-9-16)21-19-14-7-12-17-11-4-5-13-18(17)19/h1-5,8-9,11,13,19H,6-7,10,12,14-15H2,(H,21,22)/t19-/m1/s1. The van der Waals surface area contributed by atoms with E-state index in [1.54, 1.807) is 0 Å². The second-order valence-electron chi connectivity index (χ2n) is 6.05. The van der Waals surface area contributed by atoms with Crippen LogP contribution in [0.2, 0.25) is 0 Å². The van der Waals surface area contributed by atoms with E-state index in [-0.39, 0.29) is 11.9 Å². The minimum atomic E-state index is 0.178. The van der Waals surface area contributed by atoms with Crippen LogP contribution in [0.3, 0.4) is 0 Å². The summed E-state index contributed by atoms with van der Waals surface area (Å²) in [4.78, 5) is 12.2. The average Bonchev–Trinajstić information content (AvgIpc) is 2.56. The summed E-state index contributed by atoms with van der Waals surface area (Å²) in [5.41, 5.74) is 4.01. The first-order valence-electron chi connectivity index (χ1n) is 8.24. The molecule has 1 atom stereocenters. The Morgan fingerprint density at radius 2 is 1.82 bits per heavy atom. The van der Waals surface area contributed by atoms with Crippen LogP contribution in [0.1, 0.15) is 48.4 Å². The normalized spacial score (nSPS) is 16.8. The first-order chi connectivity index (χ1) is 10.8. The van der Waals surface area contributed by atoms with Gasteiger partial charge in [-0.1, -0.05) is 54.6 Å². The van der Waals surface area contributed by atoms with Crippen LogP contribution in [0, 0.1) is 0 Å². The monoisotopic (exact) mass is 293 g/mol. The van der Waals surface area contributed by atoms with Crippen LogP contribution in [-0.4, -0.2) is 5.91 Å². The Kier molecular flexibility index (Phi) is 4.89. The molecule has 1 amide bonds. The van der Waals surface area contributed by atoms with Crippen molar-refractivity contribution in [2.75, 3.05) is 0 Å². The van der Waals surface area contributed by atoms with E-state index in [2.05, 4.69) is 41.7 Å². The van der Waals surface area contributed by atoms with Crippen LogP contribution >= 0.6 is 0 Å². The summed E-state index contributed by atoms with van der Waals surface area (Å²) < 4.78 is 0. The molecule has 0 spiro atoms. The maximum Gasteiger partial charge on any atom is 0.220 e. The molecule has 1 aliphatic rings. The number of benzene rings is 2. The van der Waals surface area contributed by atoms with Crippen LogP contribution in [0.15, 0.2) is 54.6 Å². The van der Waals surface area contributed by atoms with Gasteiger partial charge in [0.05, 0.1) is 6.04 Å². The first kappa shape index (κ1) is 14.8. The van der Waals surface area contributed by atoms with E-state index < -0.39 is 0 Å². The largest absolute Gasteiger partial charge is 0.349 e. The molecule has 2 heteroatoms. The number of fused-ring (bicyclic) bond motifs is 1. The highest BCUT2D eigenvalue weighted by Crippen LogP contribution is 2.29. The average molecular weight is 293 g/mol. The lowest BCUT2D eigenvalue weighted by Gasteiger charge is -2.26. The van der Waals surface area contributed by atoms with Crippen molar-refractivity contribution in [3.8, 4) is 0 Å². The summed E-state index contributed by atoms with van der Waals surface area (Å²) in [6.45, 7) is 0. The zero-order valence-electron chi connectivity index (χ0n) is 12.9. The van der Waals surface area contributed by atoms with Gasteiger partial charge in [-0.2, -0.15) is 0 Å². The topological polar surface area (TPSA) is 29.1 Å². The fourth-order valence-corrected chi connectivity index (χ4v) is 3.27. The van der Waals surface area contributed by atoms with Gasteiger partial charge in [0.15, 0.2) is 0 Å². The van der Waals surface area contributed by atoms with Gasteiger partial charge in [0, 0.05) is 6.42 Å². The van der Waals surface area contributed by atoms with Gasteiger partial charge in [-0.25, -0.2) is 0 Å². The number of aryl methyl sites for hydroxylation is 2. The molecule has 2 aromatic carbocycles. The molecule has 1 aliphatic carbocycles. The van der Waals surface area contributed by atoms with Crippen molar-refractivity contribution in [3.63, 3.8) is 0 Å². The molecule has 114 valence electrons. The Hall–Kier alpha value is -2.09. The smallest absolute Gasteiger partial charge is 0.220 e. The highest BCUT2D eigenvalue weighted by molar-refractivity contribution is 5.76. The van der Waals surface area contributed by atoms with E-state index in [9.17, 15) is 4.79 Å². The second-order valence-corrected chi connectivity index (χ2v) is 6.05. The molecule has 0 fully saturated rings. The molecule has 2 aromatic rings. The highest BCUT2D eigenvalue weighted by Gasteiger charge is 2.20.